The van der Waals surface area contributed by atoms with Crippen LogP contribution in [-0.2, 0) is 24.2 Å². The monoisotopic (exact) mass is 383 g/mol. The van der Waals surface area contributed by atoms with Gasteiger partial charge in [0.15, 0.2) is 5.16 Å². The molecule has 3 rings (SSSR count). The maximum Gasteiger partial charge on any atom is 0.268 e. The summed E-state index contributed by atoms with van der Waals surface area (Å²) in [6.45, 7) is 4.44. The lowest BCUT2D eigenvalue weighted by atomic mass is 10.3. The highest BCUT2D eigenvalue weighted by Gasteiger charge is 2.21. The van der Waals surface area contributed by atoms with Crippen molar-refractivity contribution in [1.82, 2.24) is 19.7 Å². The molecular formula is C14H17N5O2S3. The van der Waals surface area contributed by atoms with Gasteiger partial charge in [0.05, 0.1) is 16.3 Å². The van der Waals surface area contributed by atoms with E-state index in [1.807, 2.05) is 13.8 Å². The molecule has 0 fully saturated rings. The molecule has 0 saturated heterocycles. The molecule has 24 heavy (non-hydrogen) atoms. The van der Waals surface area contributed by atoms with Gasteiger partial charge in [-0.1, -0.05) is 30.0 Å². The van der Waals surface area contributed by atoms with Crippen LogP contribution in [0.3, 0.4) is 0 Å². The van der Waals surface area contributed by atoms with Gasteiger partial charge in [0.2, 0.25) is 11.0 Å². The van der Waals surface area contributed by atoms with E-state index in [4.69, 9.17) is 0 Å². The Labute approximate surface area is 151 Å². The van der Waals surface area contributed by atoms with E-state index in [-0.39, 0.29) is 17.2 Å². The number of hydrogen-bond acceptors (Lipinski definition) is 8. The predicted octanol–water partition coefficient (Wildman–Crippen LogP) is 2.06. The van der Waals surface area contributed by atoms with Crippen LogP contribution in [0.25, 0.3) is 0 Å². The summed E-state index contributed by atoms with van der Waals surface area (Å²) in [6, 6.07) is 0. The number of thioether (sulfide) groups is 2. The first-order valence-corrected chi connectivity index (χ1v) is 10.4. The Balaban J connectivity index is 1.69. The Kier molecular flexibility index (Phi) is 5.57. The number of carbonyl (C=O) groups is 1. The fraction of sp³-hybridized carbons (Fsp3) is 0.500. The quantitative estimate of drug-likeness (QED) is 0.603. The van der Waals surface area contributed by atoms with Crippen LogP contribution in [0, 0.1) is 0 Å². The molecule has 0 unspecified atom stereocenters. The van der Waals surface area contributed by atoms with Crippen LogP contribution >= 0.6 is 34.9 Å². The summed E-state index contributed by atoms with van der Waals surface area (Å²) >= 11 is 4.22. The second kappa shape index (κ2) is 7.66. The second-order valence-corrected chi connectivity index (χ2v) is 8.12. The number of aryl methyl sites for hydroxylation is 2. The van der Waals surface area contributed by atoms with Crippen molar-refractivity contribution in [3.8, 4) is 0 Å². The molecule has 3 heterocycles. The van der Waals surface area contributed by atoms with Crippen molar-refractivity contribution in [3.05, 3.63) is 21.1 Å². The van der Waals surface area contributed by atoms with Gasteiger partial charge in [-0.3, -0.25) is 19.5 Å². The number of carbonyl (C=O) groups excluding carboxylic acids is 1. The lowest BCUT2D eigenvalue weighted by Gasteiger charge is -2.11. The summed E-state index contributed by atoms with van der Waals surface area (Å²) in [5.41, 5.74) is 0.860. The number of nitrogens with zero attached hydrogens (tertiary/aromatic N) is 4. The molecule has 1 aliphatic rings. The Morgan fingerprint density at radius 2 is 2.21 bits per heavy atom. The first-order valence-electron chi connectivity index (χ1n) is 7.63. The highest BCUT2D eigenvalue weighted by molar-refractivity contribution is 8.00. The van der Waals surface area contributed by atoms with Crippen molar-refractivity contribution < 1.29 is 4.79 Å². The Morgan fingerprint density at radius 1 is 1.38 bits per heavy atom. The molecule has 0 spiro atoms. The van der Waals surface area contributed by atoms with E-state index in [1.165, 1.54) is 23.1 Å². The number of aromatic nitrogens is 4. The Morgan fingerprint density at radius 3 is 2.92 bits per heavy atom. The van der Waals surface area contributed by atoms with Crippen molar-refractivity contribution in [3.63, 3.8) is 0 Å². The molecule has 2 aromatic heterocycles. The molecule has 0 radical (unpaired) electrons. The van der Waals surface area contributed by atoms with Crippen molar-refractivity contribution in [2.75, 3.05) is 16.8 Å². The summed E-state index contributed by atoms with van der Waals surface area (Å²) in [5, 5.41) is 12.6. The summed E-state index contributed by atoms with van der Waals surface area (Å²) in [5.74, 6) is 0.900. The van der Waals surface area contributed by atoms with E-state index < -0.39 is 0 Å². The molecule has 0 aromatic carbocycles. The molecule has 1 amide bonds. The fourth-order valence-electron chi connectivity index (χ4n) is 2.25. The predicted molar refractivity (Wildman–Crippen MR) is 97.2 cm³/mol. The van der Waals surface area contributed by atoms with Crippen LogP contribution in [0.5, 0.6) is 0 Å². The van der Waals surface area contributed by atoms with E-state index >= 15 is 0 Å². The summed E-state index contributed by atoms with van der Waals surface area (Å²) in [4.78, 5) is 29.9. The van der Waals surface area contributed by atoms with E-state index in [0.29, 0.717) is 16.8 Å². The zero-order valence-electron chi connectivity index (χ0n) is 13.4. The zero-order chi connectivity index (χ0) is 17.1. The lowest BCUT2D eigenvalue weighted by Crippen LogP contribution is -2.25. The van der Waals surface area contributed by atoms with Gasteiger partial charge in [-0.15, -0.1) is 22.0 Å². The van der Waals surface area contributed by atoms with Gasteiger partial charge in [-0.2, -0.15) is 0 Å². The number of amides is 1. The van der Waals surface area contributed by atoms with Gasteiger partial charge in [-0.05, 0) is 13.3 Å². The number of hydrogen-bond donors (Lipinski definition) is 1. The first kappa shape index (κ1) is 17.4. The first-order chi connectivity index (χ1) is 11.6. The molecule has 0 aliphatic carbocycles. The highest BCUT2D eigenvalue weighted by atomic mass is 32.2. The normalized spacial score (nSPS) is 13.1. The molecule has 1 N–H and O–H groups in total. The SMILES string of the molecule is CCc1nnc(NC(=O)CSc2nc3c(c(=O)n2CC)SCC3)s1. The molecular weight excluding hydrogens is 366 g/mol. The molecule has 7 nitrogen and oxygen atoms in total. The van der Waals surface area contributed by atoms with E-state index in [2.05, 4.69) is 20.5 Å². The topological polar surface area (TPSA) is 89.8 Å². The maximum absolute atomic E-state index is 12.5. The van der Waals surface area contributed by atoms with Crippen molar-refractivity contribution >= 4 is 45.9 Å². The Hall–Kier alpha value is -1.39. The third kappa shape index (κ3) is 3.65. The lowest BCUT2D eigenvalue weighted by molar-refractivity contribution is -0.113. The molecule has 10 heteroatoms. The van der Waals surface area contributed by atoms with Crippen molar-refractivity contribution in [1.29, 1.82) is 0 Å². The summed E-state index contributed by atoms with van der Waals surface area (Å²) in [7, 11) is 0. The van der Waals surface area contributed by atoms with Gasteiger partial charge in [0.25, 0.3) is 5.56 Å². The number of rotatable bonds is 6. The van der Waals surface area contributed by atoms with Crippen LogP contribution in [0.2, 0.25) is 0 Å². The van der Waals surface area contributed by atoms with Crippen molar-refractivity contribution in [2.24, 2.45) is 0 Å². The number of nitrogens with one attached hydrogen (secondary N) is 1. The largest absolute Gasteiger partial charge is 0.300 e. The molecule has 0 bridgehead atoms. The van der Waals surface area contributed by atoms with E-state index in [0.717, 1.165) is 34.2 Å². The maximum atomic E-state index is 12.5. The molecule has 0 saturated carbocycles. The van der Waals surface area contributed by atoms with Crippen LogP contribution < -0.4 is 10.9 Å². The standard InChI is InChI=1S/C14H17N5O2S3/c1-3-10-17-18-13(24-10)16-9(20)7-23-14-15-8-5-6-22-11(8)12(21)19(14)4-2/h3-7H2,1-2H3,(H,16,18,20). The average molecular weight is 384 g/mol. The van der Waals surface area contributed by atoms with Crippen LogP contribution in [-0.4, -0.2) is 37.2 Å². The van der Waals surface area contributed by atoms with Gasteiger partial charge in [0.1, 0.15) is 5.01 Å². The third-order valence-corrected chi connectivity index (χ3v) is 6.48. The van der Waals surface area contributed by atoms with E-state index in [9.17, 15) is 9.59 Å². The Bertz CT molecular complexity index is 817. The van der Waals surface area contributed by atoms with Gasteiger partial charge >= 0.3 is 0 Å². The van der Waals surface area contributed by atoms with Gasteiger partial charge in [0, 0.05) is 18.7 Å². The average Bonchev–Trinajstić information content (AvgIpc) is 3.22. The zero-order valence-corrected chi connectivity index (χ0v) is 15.8. The number of anilines is 1. The second-order valence-electron chi connectivity index (χ2n) is 5.01. The van der Waals surface area contributed by atoms with E-state index in [1.54, 1.807) is 16.3 Å². The van der Waals surface area contributed by atoms with Crippen LogP contribution in [0.15, 0.2) is 14.8 Å². The fourth-order valence-corrected chi connectivity index (χ4v) is 4.86. The molecule has 0 atom stereocenters. The highest BCUT2D eigenvalue weighted by Crippen LogP contribution is 2.28. The molecule has 128 valence electrons. The van der Waals surface area contributed by atoms with Crippen LogP contribution in [0.4, 0.5) is 5.13 Å². The smallest absolute Gasteiger partial charge is 0.268 e. The minimum absolute atomic E-state index is 0.00428. The molecule has 2 aromatic rings. The van der Waals surface area contributed by atoms with Gasteiger partial charge < -0.3 is 0 Å². The molecule has 1 aliphatic heterocycles. The minimum Gasteiger partial charge on any atom is -0.300 e. The van der Waals surface area contributed by atoms with Crippen LogP contribution in [0.1, 0.15) is 24.5 Å². The third-order valence-electron chi connectivity index (χ3n) is 3.41. The van der Waals surface area contributed by atoms with Crippen molar-refractivity contribution in [2.45, 2.75) is 43.3 Å². The van der Waals surface area contributed by atoms with Gasteiger partial charge in [-0.25, -0.2) is 4.98 Å². The summed E-state index contributed by atoms with van der Waals surface area (Å²) < 4.78 is 1.63. The number of fused-ring (bicyclic) bond motifs is 1. The summed E-state index contributed by atoms with van der Waals surface area (Å²) in [6.07, 6.45) is 1.60. The minimum atomic E-state index is -0.175.